The molecule has 6 nitrogen and oxygen atoms in total. The highest BCUT2D eigenvalue weighted by Gasteiger charge is 2.25. The average molecular weight is 331 g/mol. The van der Waals surface area contributed by atoms with E-state index < -0.39 is 0 Å². The van der Waals surface area contributed by atoms with Crippen LogP contribution in [0.4, 0.5) is 11.5 Å². The largest absolute Gasteiger partial charge is 0.396 e. The van der Waals surface area contributed by atoms with Gasteiger partial charge in [0.1, 0.15) is 5.69 Å². The topological polar surface area (TPSA) is 93.8 Å². The number of carbonyl (C=O) groups excluding carboxylic acids is 1. The standard InChI is InChI=1S/C19H17N5O/c20-14-8-9-15(12-4-2-1-3-5-12)23-18(14)24-19(25)17-11-21-16(10-22-17)13-6-7-13/h1-5,8-11,13H,6-7,20H2,(H,23,24,25). The van der Waals surface area contributed by atoms with Crippen LogP contribution in [-0.4, -0.2) is 20.9 Å². The molecule has 3 aromatic rings. The van der Waals surface area contributed by atoms with Gasteiger partial charge >= 0.3 is 0 Å². The zero-order chi connectivity index (χ0) is 17.2. The molecule has 1 aliphatic carbocycles. The van der Waals surface area contributed by atoms with Gasteiger partial charge in [-0.05, 0) is 25.0 Å². The average Bonchev–Trinajstić information content (AvgIpc) is 3.49. The second kappa shape index (κ2) is 6.32. The molecule has 25 heavy (non-hydrogen) atoms. The Bertz CT molecular complexity index is 905. The minimum absolute atomic E-state index is 0.246. The fourth-order valence-electron chi connectivity index (χ4n) is 2.56. The first kappa shape index (κ1) is 15.3. The maximum Gasteiger partial charge on any atom is 0.277 e. The number of nitrogens with two attached hydrogens (primary N) is 1. The molecular weight excluding hydrogens is 314 g/mol. The minimum Gasteiger partial charge on any atom is -0.396 e. The molecule has 6 heteroatoms. The fraction of sp³-hybridized carbons (Fsp3) is 0.158. The SMILES string of the molecule is Nc1ccc(-c2ccccc2)nc1NC(=O)c1cnc(C2CC2)cn1. The highest BCUT2D eigenvalue weighted by Crippen LogP contribution is 2.38. The summed E-state index contributed by atoms with van der Waals surface area (Å²) in [4.78, 5) is 25.4. The molecule has 3 N–H and O–H groups in total. The van der Waals surface area contributed by atoms with Crippen LogP contribution in [0.1, 0.15) is 34.9 Å². The van der Waals surface area contributed by atoms with Crippen LogP contribution in [0, 0.1) is 0 Å². The van der Waals surface area contributed by atoms with E-state index in [0.29, 0.717) is 17.4 Å². The molecule has 1 aliphatic rings. The number of nitrogens with zero attached hydrogens (tertiary/aromatic N) is 3. The number of nitrogens with one attached hydrogen (secondary N) is 1. The van der Waals surface area contributed by atoms with Crippen LogP contribution < -0.4 is 11.1 Å². The molecule has 4 rings (SSSR count). The van der Waals surface area contributed by atoms with Gasteiger partial charge in [0.2, 0.25) is 0 Å². The van der Waals surface area contributed by atoms with Gasteiger partial charge in [0.05, 0.1) is 23.3 Å². The zero-order valence-electron chi connectivity index (χ0n) is 13.5. The Kier molecular flexibility index (Phi) is 3.85. The van der Waals surface area contributed by atoms with Gasteiger partial charge < -0.3 is 11.1 Å². The third-order valence-electron chi connectivity index (χ3n) is 4.13. The first-order valence-corrected chi connectivity index (χ1v) is 8.16. The van der Waals surface area contributed by atoms with E-state index in [1.165, 1.54) is 6.20 Å². The number of aromatic nitrogens is 3. The number of carbonyl (C=O) groups is 1. The van der Waals surface area contributed by atoms with Gasteiger partial charge in [0.15, 0.2) is 5.82 Å². The molecule has 0 aliphatic heterocycles. The summed E-state index contributed by atoms with van der Waals surface area (Å²) in [6, 6.07) is 13.3. The second-order valence-electron chi connectivity index (χ2n) is 6.06. The van der Waals surface area contributed by atoms with Crippen LogP contribution in [0.15, 0.2) is 54.9 Å². The number of anilines is 2. The van der Waals surface area contributed by atoms with Crippen molar-refractivity contribution in [2.24, 2.45) is 0 Å². The van der Waals surface area contributed by atoms with Crippen molar-refractivity contribution in [2.45, 2.75) is 18.8 Å². The summed E-state index contributed by atoms with van der Waals surface area (Å²) in [6.45, 7) is 0. The molecule has 0 spiro atoms. The van der Waals surface area contributed by atoms with E-state index in [9.17, 15) is 4.79 Å². The quantitative estimate of drug-likeness (QED) is 0.765. The molecule has 1 aromatic carbocycles. The number of hydrogen-bond donors (Lipinski definition) is 2. The van der Waals surface area contributed by atoms with E-state index in [2.05, 4.69) is 20.3 Å². The monoisotopic (exact) mass is 331 g/mol. The highest BCUT2D eigenvalue weighted by atomic mass is 16.1. The summed E-state index contributed by atoms with van der Waals surface area (Å²) in [6.07, 6.45) is 5.46. The smallest absolute Gasteiger partial charge is 0.277 e. The van der Waals surface area contributed by atoms with Gasteiger partial charge in [-0.1, -0.05) is 30.3 Å². The van der Waals surface area contributed by atoms with Crippen molar-refractivity contribution in [3.63, 3.8) is 0 Å². The summed E-state index contributed by atoms with van der Waals surface area (Å²) in [5, 5.41) is 2.72. The second-order valence-corrected chi connectivity index (χ2v) is 6.06. The van der Waals surface area contributed by atoms with Crippen molar-refractivity contribution in [2.75, 3.05) is 11.1 Å². The maximum atomic E-state index is 12.4. The van der Waals surface area contributed by atoms with Gasteiger partial charge in [-0.3, -0.25) is 9.78 Å². The Morgan fingerprint density at radius 3 is 2.52 bits per heavy atom. The molecule has 1 fully saturated rings. The van der Waals surface area contributed by atoms with Crippen molar-refractivity contribution in [1.82, 2.24) is 15.0 Å². The lowest BCUT2D eigenvalue weighted by Gasteiger charge is -2.09. The van der Waals surface area contributed by atoms with Crippen LogP contribution in [0.2, 0.25) is 0 Å². The molecule has 0 radical (unpaired) electrons. The third-order valence-corrected chi connectivity index (χ3v) is 4.13. The summed E-state index contributed by atoms with van der Waals surface area (Å²) >= 11 is 0. The molecule has 0 saturated heterocycles. The Labute approximate surface area is 145 Å². The molecule has 0 bridgehead atoms. The van der Waals surface area contributed by atoms with E-state index in [1.807, 2.05) is 36.4 Å². The van der Waals surface area contributed by atoms with E-state index in [4.69, 9.17) is 5.73 Å². The Morgan fingerprint density at radius 1 is 1.04 bits per heavy atom. The highest BCUT2D eigenvalue weighted by molar-refractivity contribution is 6.03. The maximum absolute atomic E-state index is 12.4. The summed E-state index contributed by atoms with van der Waals surface area (Å²) in [5.74, 6) is 0.447. The van der Waals surface area contributed by atoms with Crippen molar-refractivity contribution in [3.05, 3.63) is 66.2 Å². The normalized spacial score (nSPS) is 13.4. The molecule has 0 atom stereocenters. The van der Waals surface area contributed by atoms with Crippen molar-refractivity contribution >= 4 is 17.4 Å². The van der Waals surface area contributed by atoms with Crippen LogP contribution in [0.5, 0.6) is 0 Å². The van der Waals surface area contributed by atoms with Gasteiger partial charge in [0.25, 0.3) is 5.91 Å². The fourth-order valence-corrected chi connectivity index (χ4v) is 2.56. The molecule has 124 valence electrons. The Balaban J connectivity index is 1.56. The van der Waals surface area contributed by atoms with E-state index in [1.54, 1.807) is 12.3 Å². The Hall–Kier alpha value is -3.28. The zero-order valence-corrected chi connectivity index (χ0v) is 13.5. The van der Waals surface area contributed by atoms with Crippen molar-refractivity contribution < 1.29 is 4.79 Å². The lowest BCUT2D eigenvalue weighted by Crippen LogP contribution is -2.16. The summed E-state index contributed by atoms with van der Waals surface area (Å²) in [7, 11) is 0. The van der Waals surface area contributed by atoms with Crippen molar-refractivity contribution in [1.29, 1.82) is 0 Å². The van der Waals surface area contributed by atoms with E-state index >= 15 is 0 Å². The summed E-state index contributed by atoms with van der Waals surface area (Å²) in [5.41, 5.74) is 9.23. The molecular formula is C19H17N5O. The molecule has 1 amide bonds. The predicted molar refractivity (Wildman–Crippen MR) is 96.0 cm³/mol. The lowest BCUT2D eigenvalue weighted by atomic mass is 10.1. The number of rotatable bonds is 4. The van der Waals surface area contributed by atoms with Crippen LogP contribution in [-0.2, 0) is 0 Å². The molecule has 0 unspecified atom stereocenters. The van der Waals surface area contributed by atoms with Gasteiger partial charge in [-0.2, -0.15) is 0 Å². The number of hydrogen-bond acceptors (Lipinski definition) is 5. The number of pyridine rings is 1. The van der Waals surface area contributed by atoms with Gasteiger partial charge in [-0.15, -0.1) is 0 Å². The first-order valence-electron chi connectivity index (χ1n) is 8.16. The van der Waals surface area contributed by atoms with E-state index in [-0.39, 0.29) is 11.6 Å². The molecule has 2 aromatic heterocycles. The number of amides is 1. The number of nitrogen functional groups attached to an aromatic ring is 1. The summed E-state index contributed by atoms with van der Waals surface area (Å²) < 4.78 is 0. The Morgan fingerprint density at radius 2 is 1.84 bits per heavy atom. The van der Waals surface area contributed by atoms with Gasteiger partial charge in [0, 0.05) is 17.7 Å². The minimum atomic E-state index is -0.376. The van der Waals surface area contributed by atoms with Crippen LogP contribution in [0.3, 0.4) is 0 Å². The predicted octanol–water partition coefficient (Wildman–Crippen LogP) is 3.25. The van der Waals surface area contributed by atoms with Gasteiger partial charge in [-0.25, -0.2) is 9.97 Å². The van der Waals surface area contributed by atoms with E-state index in [0.717, 1.165) is 29.8 Å². The first-order chi connectivity index (χ1) is 12.2. The lowest BCUT2D eigenvalue weighted by molar-refractivity contribution is 0.102. The molecule has 1 saturated carbocycles. The third kappa shape index (κ3) is 3.33. The van der Waals surface area contributed by atoms with Crippen LogP contribution >= 0.6 is 0 Å². The van der Waals surface area contributed by atoms with Crippen molar-refractivity contribution in [3.8, 4) is 11.3 Å². The number of benzene rings is 1. The molecule has 2 heterocycles. The van der Waals surface area contributed by atoms with Crippen LogP contribution in [0.25, 0.3) is 11.3 Å².